The van der Waals surface area contributed by atoms with Gasteiger partial charge in [0.25, 0.3) is 10.1 Å². The first-order valence-corrected chi connectivity index (χ1v) is 9.02. The van der Waals surface area contributed by atoms with Gasteiger partial charge in [-0.2, -0.15) is 8.42 Å². The van der Waals surface area contributed by atoms with Crippen molar-refractivity contribution in [3.63, 3.8) is 0 Å². The Kier molecular flexibility index (Phi) is 3.76. The third-order valence-corrected chi connectivity index (χ3v) is 6.17. The summed E-state index contributed by atoms with van der Waals surface area (Å²) in [5.41, 5.74) is -2.57. The van der Waals surface area contributed by atoms with E-state index < -0.39 is 28.0 Å². The zero-order valence-corrected chi connectivity index (χ0v) is 12.6. The molecule has 1 unspecified atom stereocenters. The SMILES string of the molecule is O=C(CC(F)S(=O)(=O)O)OCC12CC3CC(CC(C3)C1)C2. The van der Waals surface area contributed by atoms with E-state index >= 15 is 0 Å². The van der Waals surface area contributed by atoms with Crippen molar-refractivity contribution >= 4 is 16.1 Å². The summed E-state index contributed by atoms with van der Waals surface area (Å²) >= 11 is 0. The minimum atomic E-state index is -4.83. The third-order valence-electron chi connectivity index (χ3n) is 5.35. The van der Waals surface area contributed by atoms with Crippen molar-refractivity contribution < 1.29 is 26.9 Å². The summed E-state index contributed by atoms with van der Waals surface area (Å²) in [6, 6.07) is 0. The van der Waals surface area contributed by atoms with E-state index in [9.17, 15) is 17.6 Å². The van der Waals surface area contributed by atoms with Crippen LogP contribution in [0.2, 0.25) is 0 Å². The van der Waals surface area contributed by atoms with Gasteiger partial charge in [0.05, 0.1) is 13.0 Å². The molecule has 120 valence electrons. The van der Waals surface area contributed by atoms with Gasteiger partial charge in [-0.25, -0.2) is 4.39 Å². The second-order valence-electron chi connectivity index (χ2n) is 7.21. The molecule has 0 aromatic carbocycles. The van der Waals surface area contributed by atoms with Gasteiger partial charge >= 0.3 is 5.97 Å². The van der Waals surface area contributed by atoms with Gasteiger partial charge in [0, 0.05) is 5.41 Å². The number of hydrogen-bond acceptors (Lipinski definition) is 4. The van der Waals surface area contributed by atoms with Crippen molar-refractivity contribution in [2.24, 2.45) is 23.2 Å². The Hall–Kier alpha value is -0.690. The normalized spacial score (nSPS) is 39.2. The van der Waals surface area contributed by atoms with E-state index in [0.29, 0.717) is 0 Å². The molecule has 1 N–H and O–H groups in total. The highest BCUT2D eigenvalue weighted by Crippen LogP contribution is 2.60. The molecule has 4 rings (SSSR count). The standard InChI is InChI=1S/C14H21FO5S/c15-12(21(17,18)19)4-13(16)20-8-14-5-9-1-10(6-14)3-11(2-9)7-14/h9-12H,1-8H2,(H,17,18,19). The summed E-state index contributed by atoms with van der Waals surface area (Å²) < 4.78 is 47.9. The summed E-state index contributed by atoms with van der Waals surface area (Å²) in [4.78, 5) is 11.6. The van der Waals surface area contributed by atoms with Gasteiger partial charge < -0.3 is 4.74 Å². The lowest BCUT2D eigenvalue weighted by Crippen LogP contribution is -2.48. The number of hydrogen-bond donors (Lipinski definition) is 1. The van der Waals surface area contributed by atoms with Crippen molar-refractivity contribution in [3.8, 4) is 0 Å². The minimum absolute atomic E-state index is 0.0221. The summed E-state index contributed by atoms with van der Waals surface area (Å²) in [6.07, 6.45) is 6.08. The van der Waals surface area contributed by atoms with Gasteiger partial charge in [0.15, 0.2) is 0 Å². The molecule has 4 fully saturated rings. The summed E-state index contributed by atoms with van der Waals surface area (Å²) in [6.45, 7) is 0.257. The number of alkyl halides is 1. The molecule has 0 aromatic heterocycles. The summed E-state index contributed by atoms with van der Waals surface area (Å²) in [5.74, 6) is 1.28. The largest absolute Gasteiger partial charge is 0.465 e. The maximum atomic E-state index is 13.1. The number of carbonyl (C=O) groups is 1. The molecule has 0 saturated heterocycles. The molecular weight excluding hydrogens is 299 g/mol. The molecule has 4 saturated carbocycles. The van der Waals surface area contributed by atoms with Crippen LogP contribution in [0.15, 0.2) is 0 Å². The smallest absolute Gasteiger partial charge is 0.309 e. The first-order chi connectivity index (χ1) is 9.76. The van der Waals surface area contributed by atoms with Gasteiger partial charge in [-0.1, -0.05) is 0 Å². The molecule has 0 aliphatic heterocycles. The lowest BCUT2D eigenvalue weighted by atomic mass is 9.50. The van der Waals surface area contributed by atoms with Gasteiger partial charge in [0.2, 0.25) is 5.50 Å². The Morgan fingerprint density at radius 1 is 1.19 bits per heavy atom. The highest BCUT2D eigenvalue weighted by Gasteiger charge is 2.51. The van der Waals surface area contributed by atoms with Crippen LogP contribution in [0.4, 0.5) is 4.39 Å². The Bertz CT molecular complexity index is 494. The molecule has 1 atom stereocenters. The maximum Gasteiger partial charge on any atom is 0.309 e. The molecule has 4 bridgehead atoms. The van der Waals surface area contributed by atoms with Crippen molar-refractivity contribution in [3.05, 3.63) is 0 Å². The Balaban J connectivity index is 1.54. The lowest BCUT2D eigenvalue weighted by Gasteiger charge is -2.56. The van der Waals surface area contributed by atoms with Gasteiger partial charge in [0.1, 0.15) is 0 Å². The molecule has 0 aromatic rings. The molecule has 4 aliphatic carbocycles. The van der Waals surface area contributed by atoms with E-state index in [2.05, 4.69) is 0 Å². The Morgan fingerprint density at radius 2 is 1.67 bits per heavy atom. The highest BCUT2D eigenvalue weighted by molar-refractivity contribution is 7.86. The molecule has 0 radical (unpaired) electrons. The van der Waals surface area contributed by atoms with Gasteiger partial charge in [-0.3, -0.25) is 9.35 Å². The second kappa shape index (κ2) is 5.19. The van der Waals surface area contributed by atoms with Gasteiger partial charge in [-0.15, -0.1) is 0 Å². The van der Waals surface area contributed by atoms with E-state index in [1.165, 1.54) is 19.3 Å². The van der Waals surface area contributed by atoms with E-state index in [1.807, 2.05) is 0 Å². The number of halogens is 1. The van der Waals surface area contributed by atoms with Crippen molar-refractivity contribution in [1.82, 2.24) is 0 Å². The van der Waals surface area contributed by atoms with Crippen LogP contribution in [-0.4, -0.2) is 31.1 Å². The fourth-order valence-electron chi connectivity index (χ4n) is 5.00. The van der Waals surface area contributed by atoms with Crippen LogP contribution in [0.3, 0.4) is 0 Å². The number of esters is 1. The van der Waals surface area contributed by atoms with Crippen LogP contribution in [0, 0.1) is 23.2 Å². The fourth-order valence-corrected chi connectivity index (χ4v) is 5.34. The van der Waals surface area contributed by atoms with Crippen molar-refractivity contribution in [2.45, 2.75) is 50.4 Å². The number of ether oxygens (including phenoxy) is 1. The molecule has 4 aliphatic rings. The average molecular weight is 320 g/mol. The summed E-state index contributed by atoms with van der Waals surface area (Å²) in [7, 11) is -4.83. The van der Waals surface area contributed by atoms with Crippen LogP contribution in [0.1, 0.15) is 44.9 Å². The van der Waals surface area contributed by atoms with E-state index in [0.717, 1.165) is 37.0 Å². The van der Waals surface area contributed by atoms with Crippen molar-refractivity contribution in [1.29, 1.82) is 0 Å². The monoisotopic (exact) mass is 320 g/mol. The van der Waals surface area contributed by atoms with E-state index in [4.69, 9.17) is 9.29 Å². The quantitative estimate of drug-likeness (QED) is 0.621. The topological polar surface area (TPSA) is 80.7 Å². The number of carbonyl (C=O) groups excluding carboxylic acids is 1. The van der Waals surface area contributed by atoms with Crippen LogP contribution in [0.25, 0.3) is 0 Å². The highest BCUT2D eigenvalue weighted by atomic mass is 32.2. The zero-order valence-electron chi connectivity index (χ0n) is 11.8. The molecular formula is C14H21FO5S. The van der Waals surface area contributed by atoms with Crippen LogP contribution >= 0.6 is 0 Å². The fraction of sp³-hybridized carbons (Fsp3) is 0.929. The molecule has 0 heterocycles. The molecule has 0 spiro atoms. The summed E-state index contributed by atoms with van der Waals surface area (Å²) in [5, 5.41) is 0. The van der Waals surface area contributed by atoms with Crippen LogP contribution in [0.5, 0.6) is 0 Å². The maximum absolute atomic E-state index is 13.1. The Labute approximate surface area is 124 Å². The number of rotatable bonds is 5. The third kappa shape index (κ3) is 3.23. The van der Waals surface area contributed by atoms with Crippen molar-refractivity contribution in [2.75, 3.05) is 6.61 Å². The van der Waals surface area contributed by atoms with E-state index in [-0.39, 0.29) is 12.0 Å². The van der Waals surface area contributed by atoms with Gasteiger partial charge in [-0.05, 0) is 56.3 Å². The first-order valence-electron chi connectivity index (χ1n) is 7.52. The minimum Gasteiger partial charge on any atom is -0.465 e. The molecule has 7 heteroatoms. The van der Waals surface area contributed by atoms with E-state index in [1.54, 1.807) is 0 Å². The molecule has 5 nitrogen and oxygen atoms in total. The average Bonchev–Trinajstić information content (AvgIpc) is 2.33. The molecule has 21 heavy (non-hydrogen) atoms. The van der Waals surface area contributed by atoms with Crippen LogP contribution < -0.4 is 0 Å². The lowest BCUT2D eigenvalue weighted by molar-refractivity contribution is -0.156. The predicted molar refractivity (Wildman–Crippen MR) is 72.6 cm³/mol. The predicted octanol–water partition coefficient (Wildman–Crippen LogP) is 2.32. The molecule has 0 amide bonds. The zero-order chi connectivity index (χ0) is 15.3. The Morgan fingerprint density at radius 3 is 2.10 bits per heavy atom. The van der Waals surface area contributed by atoms with Crippen LogP contribution in [-0.2, 0) is 19.6 Å². The second-order valence-corrected chi connectivity index (χ2v) is 8.75. The first kappa shape index (κ1) is 15.2.